The number of hydrogen-bond donors (Lipinski definition) is 0. The van der Waals surface area contributed by atoms with E-state index in [1.165, 1.54) is 10.5 Å². The Bertz CT molecular complexity index is 594. The van der Waals surface area contributed by atoms with Crippen molar-refractivity contribution in [3.8, 4) is 0 Å². The van der Waals surface area contributed by atoms with Gasteiger partial charge < -0.3 is 4.74 Å². The third-order valence-corrected chi connectivity index (χ3v) is 4.38. The van der Waals surface area contributed by atoms with Crippen LogP contribution in [0, 0.1) is 11.8 Å². The molecule has 2 atom stereocenters. The number of hydrogen-bond acceptors (Lipinski definition) is 4. The van der Waals surface area contributed by atoms with Crippen molar-refractivity contribution in [1.29, 1.82) is 0 Å². The Morgan fingerprint density at radius 3 is 2.48 bits per heavy atom. The summed E-state index contributed by atoms with van der Waals surface area (Å²) in [5, 5.41) is 0. The maximum absolute atomic E-state index is 12.5. The monoisotopic (exact) mass is 316 g/mol. The van der Waals surface area contributed by atoms with Gasteiger partial charge in [0.15, 0.2) is 0 Å². The first-order valence-corrected chi connectivity index (χ1v) is 8.14. The fourth-order valence-electron chi connectivity index (χ4n) is 3.40. The smallest absolute Gasteiger partial charge is 0.417 e. The first-order valence-electron chi connectivity index (χ1n) is 8.14. The zero-order valence-corrected chi connectivity index (χ0v) is 14.0. The van der Waals surface area contributed by atoms with E-state index in [4.69, 9.17) is 4.74 Å². The number of rotatable bonds is 2. The van der Waals surface area contributed by atoms with E-state index in [0.29, 0.717) is 6.54 Å². The molecule has 2 saturated heterocycles. The van der Waals surface area contributed by atoms with Crippen LogP contribution in [-0.2, 0) is 16.1 Å². The molecule has 1 aromatic rings. The van der Waals surface area contributed by atoms with Crippen molar-refractivity contribution >= 4 is 12.0 Å². The van der Waals surface area contributed by atoms with Gasteiger partial charge >= 0.3 is 6.09 Å². The fourth-order valence-corrected chi connectivity index (χ4v) is 3.40. The molecule has 0 bridgehead atoms. The van der Waals surface area contributed by atoms with Gasteiger partial charge in [-0.05, 0) is 26.3 Å². The number of fused-ring (bicyclic) bond motifs is 1. The highest BCUT2D eigenvalue weighted by molar-refractivity contribution is 5.95. The first kappa shape index (κ1) is 16.0. The number of benzene rings is 1. The van der Waals surface area contributed by atoms with Gasteiger partial charge in [-0.1, -0.05) is 30.3 Å². The Hall–Kier alpha value is -1.88. The van der Waals surface area contributed by atoms with E-state index in [1.54, 1.807) is 0 Å². The molecular formula is C18H24N2O3. The van der Waals surface area contributed by atoms with Crippen LogP contribution in [0.15, 0.2) is 30.3 Å². The first-order chi connectivity index (χ1) is 10.8. The molecule has 124 valence electrons. The van der Waals surface area contributed by atoms with Crippen LogP contribution in [-0.4, -0.2) is 47.0 Å². The molecule has 1 aromatic carbocycles. The van der Waals surface area contributed by atoms with Gasteiger partial charge in [0.2, 0.25) is 5.91 Å². The summed E-state index contributed by atoms with van der Waals surface area (Å²) >= 11 is 0. The van der Waals surface area contributed by atoms with Gasteiger partial charge in [0.25, 0.3) is 0 Å². The maximum atomic E-state index is 12.5. The normalized spacial score (nSPS) is 24.8. The average molecular weight is 316 g/mol. The van der Waals surface area contributed by atoms with Gasteiger partial charge in [-0.2, -0.15) is 0 Å². The number of carbonyl (C=O) groups excluding carboxylic acids is 2. The van der Waals surface area contributed by atoms with E-state index >= 15 is 0 Å². The van der Waals surface area contributed by atoms with Crippen LogP contribution in [0.3, 0.4) is 0 Å². The minimum Gasteiger partial charge on any atom is -0.443 e. The molecule has 2 amide bonds. The SMILES string of the molecule is CC(C)(C)OC(=O)N1CC2CN(Cc3ccccc3)CC2C1=O. The van der Waals surface area contributed by atoms with Crippen molar-refractivity contribution in [2.45, 2.75) is 32.9 Å². The van der Waals surface area contributed by atoms with Gasteiger partial charge in [0, 0.05) is 32.1 Å². The van der Waals surface area contributed by atoms with Crippen LogP contribution >= 0.6 is 0 Å². The fraction of sp³-hybridized carbons (Fsp3) is 0.556. The molecule has 0 spiro atoms. The van der Waals surface area contributed by atoms with E-state index in [1.807, 2.05) is 39.0 Å². The molecule has 2 aliphatic heterocycles. The third-order valence-electron chi connectivity index (χ3n) is 4.38. The molecule has 5 nitrogen and oxygen atoms in total. The number of likely N-dealkylation sites (tertiary alicyclic amines) is 2. The van der Waals surface area contributed by atoms with Gasteiger partial charge in [0.1, 0.15) is 5.60 Å². The summed E-state index contributed by atoms with van der Waals surface area (Å²) in [5.74, 6) is 0.0600. The van der Waals surface area contributed by atoms with Crippen LogP contribution in [0.5, 0.6) is 0 Å². The molecule has 0 aliphatic carbocycles. The lowest BCUT2D eigenvalue weighted by atomic mass is 10.0. The standard InChI is InChI=1S/C18H24N2O3/c1-18(2,3)23-17(22)20-11-14-10-19(12-15(14)16(20)21)9-13-7-5-4-6-8-13/h4-8,14-15H,9-12H2,1-3H3. The minimum absolute atomic E-state index is 0.0776. The van der Waals surface area contributed by atoms with Gasteiger partial charge in [-0.25, -0.2) is 9.69 Å². The van der Waals surface area contributed by atoms with E-state index < -0.39 is 11.7 Å². The van der Waals surface area contributed by atoms with E-state index in [2.05, 4.69) is 17.0 Å². The second kappa shape index (κ2) is 5.96. The van der Waals surface area contributed by atoms with Crippen molar-refractivity contribution in [2.75, 3.05) is 19.6 Å². The van der Waals surface area contributed by atoms with Gasteiger partial charge in [-0.15, -0.1) is 0 Å². The average Bonchev–Trinajstić information content (AvgIpc) is 2.98. The number of imide groups is 1. The molecule has 23 heavy (non-hydrogen) atoms. The van der Waals surface area contributed by atoms with E-state index in [9.17, 15) is 9.59 Å². The van der Waals surface area contributed by atoms with Crippen LogP contribution in [0.4, 0.5) is 4.79 Å². The van der Waals surface area contributed by atoms with Crippen LogP contribution in [0.25, 0.3) is 0 Å². The van der Waals surface area contributed by atoms with Crippen molar-refractivity contribution in [2.24, 2.45) is 11.8 Å². The van der Waals surface area contributed by atoms with Gasteiger partial charge in [0.05, 0.1) is 5.92 Å². The predicted octanol–water partition coefficient (Wildman–Crippen LogP) is 2.51. The summed E-state index contributed by atoms with van der Waals surface area (Å²) in [6.45, 7) is 8.34. The second-order valence-corrected chi connectivity index (χ2v) is 7.48. The van der Waals surface area contributed by atoms with Crippen molar-refractivity contribution < 1.29 is 14.3 Å². The Labute approximate surface area is 137 Å². The summed E-state index contributed by atoms with van der Waals surface area (Å²) < 4.78 is 5.33. The molecule has 2 heterocycles. The molecule has 5 heteroatoms. The van der Waals surface area contributed by atoms with Crippen molar-refractivity contribution in [3.63, 3.8) is 0 Å². The molecule has 0 N–H and O–H groups in total. The third kappa shape index (κ3) is 3.55. The quantitative estimate of drug-likeness (QED) is 0.841. The second-order valence-electron chi connectivity index (χ2n) is 7.48. The summed E-state index contributed by atoms with van der Waals surface area (Å²) in [7, 11) is 0. The minimum atomic E-state index is -0.575. The topological polar surface area (TPSA) is 49.9 Å². The number of carbonyl (C=O) groups is 2. The lowest BCUT2D eigenvalue weighted by molar-refractivity contribution is -0.130. The Morgan fingerprint density at radius 2 is 1.87 bits per heavy atom. The zero-order chi connectivity index (χ0) is 16.6. The molecule has 2 aliphatic rings. The summed E-state index contributed by atoms with van der Waals surface area (Å²) in [4.78, 5) is 28.2. The van der Waals surface area contributed by atoms with Crippen LogP contribution in [0.1, 0.15) is 26.3 Å². The molecule has 2 unspecified atom stereocenters. The van der Waals surface area contributed by atoms with Crippen LogP contribution < -0.4 is 0 Å². The molecular weight excluding hydrogens is 292 g/mol. The number of ether oxygens (including phenoxy) is 1. The van der Waals surface area contributed by atoms with Crippen molar-refractivity contribution in [3.05, 3.63) is 35.9 Å². The zero-order valence-electron chi connectivity index (χ0n) is 14.0. The van der Waals surface area contributed by atoms with E-state index in [-0.39, 0.29) is 17.7 Å². The summed E-state index contributed by atoms with van der Waals surface area (Å²) in [6.07, 6.45) is -0.508. The largest absolute Gasteiger partial charge is 0.443 e. The summed E-state index contributed by atoms with van der Waals surface area (Å²) in [5.41, 5.74) is 0.679. The van der Waals surface area contributed by atoms with Gasteiger partial charge in [-0.3, -0.25) is 9.69 Å². The number of nitrogens with zero attached hydrogens (tertiary/aromatic N) is 2. The lowest BCUT2D eigenvalue weighted by Gasteiger charge is -2.25. The highest BCUT2D eigenvalue weighted by Crippen LogP contribution is 2.33. The highest BCUT2D eigenvalue weighted by atomic mass is 16.6. The number of amides is 2. The molecule has 2 fully saturated rings. The van der Waals surface area contributed by atoms with Crippen molar-refractivity contribution in [1.82, 2.24) is 9.80 Å². The molecule has 0 radical (unpaired) electrons. The van der Waals surface area contributed by atoms with E-state index in [0.717, 1.165) is 19.6 Å². The predicted molar refractivity (Wildman–Crippen MR) is 86.6 cm³/mol. The highest BCUT2D eigenvalue weighted by Gasteiger charge is 2.49. The Balaban J connectivity index is 1.59. The lowest BCUT2D eigenvalue weighted by Crippen LogP contribution is -2.40. The molecule has 0 saturated carbocycles. The molecule has 0 aromatic heterocycles. The van der Waals surface area contributed by atoms with Crippen LogP contribution in [0.2, 0.25) is 0 Å². The molecule has 3 rings (SSSR count). The maximum Gasteiger partial charge on any atom is 0.417 e. The Morgan fingerprint density at radius 1 is 1.17 bits per heavy atom. The Kier molecular flexibility index (Phi) is 4.15. The summed E-state index contributed by atoms with van der Waals surface area (Å²) in [6, 6.07) is 10.3.